The van der Waals surface area contributed by atoms with Crippen molar-refractivity contribution >= 4 is 52.1 Å². The molecular weight excluding hydrogens is 1050 g/mol. The number of carbonyl (C=O) groups excluding carboxylic acids is 5. The molecule has 0 aliphatic rings. The first-order chi connectivity index (χ1) is 25.8. The quantitative estimate of drug-likeness (QED) is 0.0364. The molecule has 358 valence electrons. The maximum absolute atomic E-state index is 11.5. The molecule has 20 nitrogen and oxygen atoms in total. The van der Waals surface area contributed by atoms with Gasteiger partial charge in [0.15, 0.2) is 18.1 Å². The van der Waals surface area contributed by atoms with Crippen molar-refractivity contribution in [2.24, 2.45) is 0 Å². The van der Waals surface area contributed by atoms with Gasteiger partial charge >= 0.3 is 79.3 Å². The number of aliphatic hydroxyl groups excluding tert-OH is 1. The van der Waals surface area contributed by atoms with E-state index in [9.17, 15) is 28.8 Å². The molecule has 0 aliphatic heterocycles. The number of nitrogens with one attached hydrogen (secondary N) is 3. The maximum atomic E-state index is 11.5. The third-order valence-corrected chi connectivity index (χ3v) is 5.13. The molecule has 0 spiro atoms. The van der Waals surface area contributed by atoms with Crippen molar-refractivity contribution < 1.29 is 143 Å². The number of methoxy groups -OCH3 is 2. The van der Waals surface area contributed by atoms with Crippen LogP contribution in [-0.4, -0.2) is 139 Å². The summed E-state index contributed by atoms with van der Waals surface area (Å²) in [5, 5.41) is 25.3. The topological polar surface area (TPSA) is 291 Å². The third kappa shape index (κ3) is 57.7. The van der Waals surface area contributed by atoms with Crippen LogP contribution < -0.4 is 34.8 Å². The van der Waals surface area contributed by atoms with Crippen LogP contribution in [-0.2, 0) is 94.2 Å². The molecular formula is C36H67Ag2BrLiN3O17. The number of aliphatic hydroxyl groups is 1. The van der Waals surface area contributed by atoms with Gasteiger partial charge in [0.05, 0.1) is 47.3 Å². The standard InChI is InChI=1S/C12H21NO5.C11H19NO5.C9H17NO5.C3H5Br.CH4.2Ag.Li.H2O.O/c1-6-7-17-8-9(10(14)16-5)13-11(15)18-12(2,3)4;1-5-6-16-7-8(9(13)14)12-10(15)17-11(2,3)4;1-9(2,3)15-8(13)10-6(5-11)7(12)14-4;1-2-3-4;;;;;;/h6,9H,1,7-8H2,2-5H3,(H,13,15);5,8H,1,6-7H2,2-4H3,(H,12,15)(H,13,14);6,11H,5H2,1-4H3,(H,10,13);2H,1,3H2;1H4;;;;1H2;/q;;;;;;;+1;;/p-1/t9-;8-;6-;;;;;;;/m000......./s1. The number of hydrogen-bond acceptors (Lipinski definition) is 16. The zero-order chi connectivity index (χ0) is 45.1. The number of halogens is 1. The van der Waals surface area contributed by atoms with Crippen molar-refractivity contribution in [3.63, 3.8) is 0 Å². The monoisotopic (exact) mass is 1110 g/mol. The van der Waals surface area contributed by atoms with Gasteiger partial charge in [-0.05, 0) is 62.3 Å². The minimum atomic E-state index is -1.18. The van der Waals surface area contributed by atoms with Gasteiger partial charge < -0.3 is 64.8 Å². The van der Waals surface area contributed by atoms with E-state index in [1.165, 1.54) is 20.3 Å². The number of ether oxygens (including phenoxy) is 7. The van der Waals surface area contributed by atoms with Gasteiger partial charge in [0.1, 0.15) is 16.8 Å². The van der Waals surface area contributed by atoms with Crippen molar-refractivity contribution in [3.8, 4) is 0 Å². The summed E-state index contributed by atoms with van der Waals surface area (Å²) < 4.78 is 41.9. The van der Waals surface area contributed by atoms with Crippen molar-refractivity contribution in [1.29, 1.82) is 0 Å². The Morgan fingerprint density at radius 2 is 0.917 bits per heavy atom. The van der Waals surface area contributed by atoms with Crippen LogP contribution in [0, 0.1) is 0 Å². The molecule has 60 heavy (non-hydrogen) atoms. The van der Waals surface area contributed by atoms with E-state index in [-0.39, 0.29) is 80.6 Å². The number of aliphatic carboxylic acids is 1. The zero-order valence-electron chi connectivity index (χ0n) is 35.9. The number of rotatable bonds is 16. The van der Waals surface area contributed by atoms with Crippen LogP contribution in [0.15, 0.2) is 38.0 Å². The predicted molar refractivity (Wildman–Crippen MR) is 214 cm³/mol. The molecule has 0 unspecified atom stereocenters. The number of amides is 3. The molecule has 0 saturated heterocycles. The van der Waals surface area contributed by atoms with E-state index < -0.39 is 77.7 Å². The molecule has 24 heteroatoms. The molecule has 3 amide bonds. The number of alkyl halides is 1. The fourth-order valence-electron chi connectivity index (χ4n) is 2.69. The number of carbonyl (C=O) groups is 6. The Morgan fingerprint density at radius 3 is 1.15 bits per heavy atom. The van der Waals surface area contributed by atoms with E-state index in [4.69, 9.17) is 37.1 Å². The summed E-state index contributed by atoms with van der Waals surface area (Å²) >= 11 is 4.83. The van der Waals surface area contributed by atoms with Crippen LogP contribution in [0.3, 0.4) is 0 Å². The van der Waals surface area contributed by atoms with Gasteiger partial charge in [-0.2, -0.15) is 0 Å². The second-order valence-corrected chi connectivity index (χ2v) is 13.9. The molecule has 0 aromatic heterocycles. The molecule has 0 aromatic carbocycles. The van der Waals surface area contributed by atoms with Gasteiger partial charge in [0.25, 0.3) is 0 Å². The van der Waals surface area contributed by atoms with Gasteiger partial charge in [-0.3, -0.25) is 0 Å². The van der Waals surface area contributed by atoms with Crippen LogP contribution in [0.2, 0.25) is 0 Å². The second-order valence-electron chi connectivity index (χ2n) is 13.3. The zero-order valence-corrected chi connectivity index (χ0v) is 40.4. The fraction of sp³-hybridized carbons (Fsp3) is 0.667. The molecule has 0 rings (SSSR count). The minimum absolute atomic E-state index is 0. The number of esters is 2. The molecule has 6 N–H and O–H groups in total. The van der Waals surface area contributed by atoms with Gasteiger partial charge in [0.2, 0.25) is 0 Å². The summed E-state index contributed by atoms with van der Waals surface area (Å²) in [6, 6.07) is -3.13. The van der Waals surface area contributed by atoms with Crippen LogP contribution in [0.25, 0.3) is 0 Å². The van der Waals surface area contributed by atoms with Gasteiger partial charge in [-0.15, -0.1) is 19.7 Å². The summed E-state index contributed by atoms with van der Waals surface area (Å²) in [6.07, 6.45) is 2.58. The molecule has 0 saturated carbocycles. The molecule has 0 heterocycles. The summed E-state index contributed by atoms with van der Waals surface area (Å²) in [5.41, 5.74) is -1.96. The van der Waals surface area contributed by atoms with Crippen LogP contribution >= 0.6 is 15.9 Å². The first-order valence-electron chi connectivity index (χ1n) is 16.4. The average molecular weight is 1120 g/mol. The molecule has 3 atom stereocenters. The number of alkyl carbamates (subject to hydrolysis) is 3. The number of allylic oxidation sites excluding steroid dienone is 1. The molecule has 0 aromatic rings. The predicted octanol–water partition coefficient (Wildman–Crippen LogP) is 1.37. The summed E-state index contributed by atoms with van der Waals surface area (Å²) in [4.78, 5) is 67.3. The van der Waals surface area contributed by atoms with E-state index in [0.29, 0.717) is 0 Å². The molecule has 0 fully saturated rings. The number of carboxylic acid groups (broad SMARTS) is 1. The average Bonchev–Trinajstić information content (AvgIpc) is 3.08. The Morgan fingerprint density at radius 1 is 0.650 bits per heavy atom. The van der Waals surface area contributed by atoms with Crippen LogP contribution in [0.5, 0.6) is 0 Å². The molecule has 0 aliphatic carbocycles. The Hall–Kier alpha value is -2.36. The van der Waals surface area contributed by atoms with Gasteiger partial charge in [-0.25, -0.2) is 28.8 Å². The van der Waals surface area contributed by atoms with E-state index >= 15 is 0 Å². The van der Waals surface area contributed by atoms with Crippen LogP contribution in [0.1, 0.15) is 69.7 Å². The first kappa shape index (κ1) is 78.2. The fourth-order valence-corrected chi connectivity index (χ4v) is 2.69. The normalized spacial score (nSPS) is 11.1. The van der Waals surface area contributed by atoms with Crippen molar-refractivity contribution in [2.75, 3.05) is 52.6 Å². The SMILES string of the molecule is C.C=CCBr.C=CCOC[C@H](NC(=O)OC(C)(C)C)C(=O)O.C=CCOC[C@H](NC(=O)OC(C)(C)C)C(=O)OC.COC(=O)[C@H](CO)NC(=O)OC(C)(C)C.[Ag].[Li+].[OH-].[O]=[Ag]. The number of carboxylic acids is 1. The van der Waals surface area contributed by atoms with Crippen LogP contribution in [0.4, 0.5) is 14.4 Å². The summed E-state index contributed by atoms with van der Waals surface area (Å²) in [5.74, 6) is -2.49. The summed E-state index contributed by atoms with van der Waals surface area (Å²) in [7, 11) is 2.40. The van der Waals surface area contributed by atoms with Crippen molar-refractivity contribution in [2.45, 2.75) is 105 Å². The van der Waals surface area contributed by atoms with Crippen molar-refractivity contribution in [3.05, 3.63) is 38.0 Å². The Bertz CT molecular complexity index is 1190. The molecule has 1 radical (unpaired) electrons. The van der Waals surface area contributed by atoms with Gasteiger partial charge in [0, 0.05) is 27.7 Å². The van der Waals surface area contributed by atoms with E-state index in [0.717, 1.165) is 5.33 Å². The summed E-state index contributed by atoms with van der Waals surface area (Å²) in [6.45, 7) is 25.5. The van der Waals surface area contributed by atoms with E-state index in [2.05, 4.69) is 61.1 Å². The van der Waals surface area contributed by atoms with Gasteiger partial charge in [-0.1, -0.05) is 41.6 Å². The second kappa shape index (κ2) is 46.1. The Labute approximate surface area is 403 Å². The molecule has 0 bridgehead atoms. The Kier molecular flexibility index (Phi) is 60.1. The van der Waals surface area contributed by atoms with E-state index in [1.807, 2.05) is 0 Å². The van der Waals surface area contributed by atoms with E-state index in [1.54, 1.807) is 95.5 Å². The Balaban J connectivity index is -0.0000000844. The third-order valence-electron chi connectivity index (χ3n) is 4.67. The van der Waals surface area contributed by atoms with Crippen molar-refractivity contribution in [1.82, 2.24) is 16.0 Å². The number of hydrogen-bond donors (Lipinski definition) is 5. The first-order valence-corrected chi connectivity index (χ1v) is 18.1.